The predicted octanol–water partition coefficient (Wildman–Crippen LogP) is 4.50. The highest BCUT2D eigenvalue weighted by Crippen LogP contribution is 2.29. The first-order valence-electron chi connectivity index (χ1n) is 6.74. The molecule has 122 valence electrons. The van der Waals surface area contributed by atoms with Gasteiger partial charge in [0.15, 0.2) is 5.11 Å². The number of hydrogen-bond donors (Lipinski definition) is 2. The minimum Gasteiger partial charge on any atom is -0.497 e. The van der Waals surface area contributed by atoms with Gasteiger partial charge in [0.05, 0.1) is 19.9 Å². The number of halogens is 2. The predicted molar refractivity (Wildman–Crippen MR) is 99.1 cm³/mol. The molecule has 4 nitrogen and oxygen atoms in total. The molecule has 2 rings (SSSR count). The second-order valence-corrected chi connectivity index (χ2v) is 5.86. The van der Waals surface area contributed by atoms with Crippen molar-refractivity contribution < 1.29 is 9.47 Å². The Morgan fingerprint density at radius 3 is 2.52 bits per heavy atom. The van der Waals surface area contributed by atoms with E-state index in [1.54, 1.807) is 32.4 Å². The molecule has 0 aliphatic heterocycles. The highest BCUT2D eigenvalue weighted by Gasteiger charge is 2.07. The van der Waals surface area contributed by atoms with Crippen molar-refractivity contribution in [3.8, 4) is 11.5 Å². The maximum atomic E-state index is 6.13. The van der Waals surface area contributed by atoms with Gasteiger partial charge < -0.3 is 20.1 Å². The third-order valence-electron chi connectivity index (χ3n) is 3.11. The van der Waals surface area contributed by atoms with Gasteiger partial charge in [-0.3, -0.25) is 0 Å². The smallest absolute Gasteiger partial charge is 0.171 e. The van der Waals surface area contributed by atoms with E-state index in [-0.39, 0.29) is 0 Å². The largest absolute Gasteiger partial charge is 0.497 e. The van der Waals surface area contributed by atoms with Crippen LogP contribution in [-0.4, -0.2) is 19.3 Å². The van der Waals surface area contributed by atoms with Crippen LogP contribution in [0.15, 0.2) is 36.4 Å². The Balaban J connectivity index is 1.99. The lowest BCUT2D eigenvalue weighted by Gasteiger charge is -2.14. The number of thiocarbonyl (C=S) groups is 1. The molecular weight excluding hydrogens is 355 g/mol. The second-order valence-electron chi connectivity index (χ2n) is 4.61. The molecule has 0 fully saturated rings. The van der Waals surface area contributed by atoms with Gasteiger partial charge in [-0.25, -0.2) is 0 Å². The zero-order chi connectivity index (χ0) is 16.8. The van der Waals surface area contributed by atoms with Crippen LogP contribution in [0.4, 0.5) is 5.69 Å². The van der Waals surface area contributed by atoms with Gasteiger partial charge in [-0.2, -0.15) is 0 Å². The van der Waals surface area contributed by atoms with Gasteiger partial charge in [0.2, 0.25) is 0 Å². The number of methoxy groups -OCH3 is 2. The highest BCUT2D eigenvalue weighted by molar-refractivity contribution is 7.80. The Labute approximate surface area is 150 Å². The molecule has 0 aliphatic carbocycles. The Morgan fingerprint density at radius 1 is 1.09 bits per heavy atom. The van der Waals surface area contributed by atoms with Crippen molar-refractivity contribution in [1.82, 2.24) is 5.32 Å². The van der Waals surface area contributed by atoms with Gasteiger partial charge in [0, 0.05) is 22.7 Å². The van der Waals surface area contributed by atoms with E-state index in [0.29, 0.717) is 33.2 Å². The minimum absolute atomic E-state index is 0.458. The normalized spacial score (nSPS) is 10.1. The third kappa shape index (κ3) is 4.89. The first kappa shape index (κ1) is 17.7. The first-order valence-corrected chi connectivity index (χ1v) is 7.90. The number of benzene rings is 2. The van der Waals surface area contributed by atoms with E-state index in [1.807, 2.05) is 18.2 Å². The van der Waals surface area contributed by atoms with Gasteiger partial charge in [-0.05, 0) is 42.0 Å². The number of anilines is 1. The fourth-order valence-corrected chi connectivity index (χ4v) is 2.57. The summed E-state index contributed by atoms with van der Waals surface area (Å²) < 4.78 is 10.5. The van der Waals surface area contributed by atoms with E-state index in [0.717, 1.165) is 11.3 Å². The molecule has 2 aromatic carbocycles. The van der Waals surface area contributed by atoms with E-state index < -0.39 is 0 Å². The molecule has 0 radical (unpaired) electrons. The van der Waals surface area contributed by atoms with Gasteiger partial charge in [0.1, 0.15) is 11.5 Å². The lowest BCUT2D eigenvalue weighted by Crippen LogP contribution is -2.28. The Bertz CT molecular complexity index is 710. The minimum atomic E-state index is 0.458. The van der Waals surface area contributed by atoms with Crippen LogP contribution in [0.1, 0.15) is 5.56 Å². The topological polar surface area (TPSA) is 42.5 Å². The Kier molecular flexibility index (Phi) is 6.33. The molecule has 0 saturated heterocycles. The van der Waals surface area contributed by atoms with Gasteiger partial charge in [-0.15, -0.1) is 0 Å². The van der Waals surface area contributed by atoms with Crippen molar-refractivity contribution in [3.05, 3.63) is 52.0 Å². The van der Waals surface area contributed by atoms with Crippen LogP contribution < -0.4 is 20.1 Å². The summed E-state index contributed by atoms with van der Waals surface area (Å²) in [5.41, 5.74) is 1.65. The van der Waals surface area contributed by atoms with Crippen molar-refractivity contribution in [2.75, 3.05) is 19.5 Å². The molecule has 0 atom stereocenters. The first-order chi connectivity index (χ1) is 11.0. The van der Waals surface area contributed by atoms with E-state index in [9.17, 15) is 0 Å². The van der Waals surface area contributed by atoms with Crippen molar-refractivity contribution in [2.24, 2.45) is 0 Å². The number of hydrogen-bond acceptors (Lipinski definition) is 3. The fraction of sp³-hybridized carbons (Fsp3) is 0.188. The lowest BCUT2D eigenvalue weighted by molar-refractivity contribution is 0.395. The molecule has 2 N–H and O–H groups in total. The summed E-state index contributed by atoms with van der Waals surface area (Å²) >= 11 is 17.3. The summed E-state index contributed by atoms with van der Waals surface area (Å²) in [7, 11) is 3.19. The highest BCUT2D eigenvalue weighted by atomic mass is 35.5. The van der Waals surface area contributed by atoms with Crippen molar-refractivity contribution in [3.63, 3.8) is 0 Å². The van der Waals surface area contributed by atoms with Crippen LogP contribution in [0.3, 0.4) is 0 Å². The second kappa shape index (κ2) is 8.24. The van der Waals surface area contributed by atoms with Gasteiger partial charge in [0.25, 0.3) is 0 Å². The number of rotatable bonds is 5. The Hall–Kier alpha value is -1.69. The van der Waals surface area contributed by atoms with Crippen LogP contribution in [0, 0.1) is 0 Å². The van der Waals surface area contributed by atoms with E-state index in [2.05, 4.69) is 10.6 Å². The zero-order valence-corrected chi connectivity index (χ0v) is 15.0. The van der Waals surface area contributed by atoms with Crippen molar-refractivity contribution in [1.29, 1.82) is 0 Å². The van der Waals surface area contributed by atoms with Gasteiger partial charge in [-0.1, -0.05) is 29.3 Å². The zero-order valence-electron chi connectivity index (χ0n) is 12.7. The summed E-state index contributed by atoms with van der Waals surface area (Å²) in [6.07, 6.45) is 0. The van der Waals surface area contributed by atoms with Crippen LogP contribution >= 0.6 is 35.4 Å². The van der Waals surface area contributed by atoms with Crippen LogP contribution in [0.25, 0.3) is 0 Å². The number of ether oxygens (including phenoxy) is 2. The van der Waals surface area contributed by atoms with E-state index in [1.165, 1.54) is 0 Å². The molecule has 0 aliphatic rings. The number of nitrogens with one attached hydrogen (secondary N) is 2. The molecule has 0 amide bonds. The van der Waals surface area contributed by atoms with Gasteiger partial charge >= 0.3 is 0 Å². The monoisotopic (exact) mass is 370 g/mol. The standard InChI is InChI=1S/C16H16Cl2N2O2S/c1-21-12-5-6-14(15(8-12)22-2)20-16(23)19-9-10-3-4-11(17)7-13(10)18/h3-8H,9H2,1-2H3,(H2,19,20,23). The molecule has 2 aromatic rings. The third-order valence-corrected chi connectivity index (χ3v) is 3.94. The molecular formula is C16H16Cl2N2O2S. The molecule has 0 bridgehead atoms. The average Bonchev–Trinajstić information content (AvgIpc) is 2.54. The van der Waals surface area contributed by atoms with Crippen molar-refractivity contribution >= 4 is 46.2 Å². The summed E-state index contributed by atoms with van der Waals surface area (Å²) in [5.74, 6) is 1.34. The van der Waals surface area contributed by atoms with E-state index >= 15 is 0 Å². The Morgan fingerprint density at radius 2 is 1.87 bits per heavy atom. The quantitative estimate of drug-likeness (QED) is 0.758. The fourth-order valence-electron chi connectivity index (χ4n) is 1.91. The molecule has 0 aromatic heterocycles. The molecule has 0 spiro atoms. The SMILES string of the molecule is COc1ccc(NC(=S)NCc2ccc(Cl)cc2Cl)c(OC)c1. The summed E-state index contributed by atoms with van der Waals surface area (Å²) in [5, 5.41) is 7.83. The average molecular weight is 371 g/mol. The molecule has 0 saturated carbocycles. The molecule has 0 heterocycles. The lowest BCUT2D eigenvalue weighted by atomic mass is 10.2. The summed E-state index contributed by atoms with van der Waals surface area (Å²) in [6, 6.07) is 10.8. The van der Waals surface area contributed by atoms with E-state index in [4.69, 9.17) is 44.9 Å². The summed E-state index contributed by atoms with van der Waals surface area (Å²) in [6.45, 7) is 0.486. The maximum absolute atomic E-state index is 6.13. The summed E-state index contributed by atoms with van der Waals surface area (Å²) in [4.78, 5) is 0. The van der Waals surface area contributed by atoms with Crippen LogP contribution in [0.5, 0.6) is 11.5 Å². The van der Waals surface area contributed by atoms with Crippen LogP contribution in [-0.2, 0) is 6.54 Å². The molecule has 23 heavy (non-hydrogen) atoms. The molecule has 0 unspecified atom stereocenters. The van der Waals surface area contributed by atoms with Crippen LogP contribution in [0.2, 0.25) is 10.0 Å². The van der Waals surface area contributed by atoms with Crippen molar-refractivity contribution in [2.45, 2.75) is 6.54 Å². The molecule has 7 heteroatoms. The maximum Gasteiger partial charge on any atom is 0.171 e.